The summed E-state index contributed by atoms with van der Waals surface area (Å²) in [6.45, 7) is 3.38. The van der Waals surface area contributed by atoms with Crippen LogP contribution in [0.25, 0.3) is 22.3 Å². The number of amides is 1. The number of benzene rings is 1. The monoisotopic (exact) mass is 429 g/mol. The van der Waals surface area contributed by atoms with Crippen LogP contribution in [0.5, 0.6) is 5.88 Å². The third-order valence-corrected chi connectivity index (χ3v) is 6.11. The summed E-state index contributed by atoms with van der Waals surface area (Å²) in [6.07, 6.45) is 4.84. The molecule has 3 heterocycles. The van der Waals surface area contributed by atoms with Crippen molar-refractivity contribution in [3.8, 4) is 23.2 Å². The van der Waals surface area contributed by atoms with Crippen molar-refractivity contribution in [1.82, 2.24) is 19.9 Å². The molecule has 8 nitrogen and oxygen atoms in total. The predicted molar refractivity (Wildman–Crippen MR) is 117 cm³/mol. The zero-order valence-electron chi connectivity index (χ0n) is 17.8. The second-order valence-electron chi connectivity index (χ2n) is 8.28. The van der Waals surface area contributed by atoms with Gasteiger partial charge >= 0.3 is 0 Å². The van der Waals surface area contributed by atoms with Crippen molar-refractivity contribution >= 4 is 16.9 Å². The van der Waals surface area contributed by atoms with Crippen LogP contribution in [0.4, 0.5) is 0 Å². The molecule has 2 fully saturated rings. The SMILES string of the molecule is CC(=O)N1CCO[C@H](COc2nc(-c3ccc(C4(C#N)CC4)cc3)cc3nccnc23)C1. The van der Waals surface area contributed by atoms with Crippen LogP contribution in [-0.4, -0.2) is 58.2 Å². The van der Waals surface area contributed by atoms with E-state index in [1.807, 2.05) is 30.3 Å². The molecule has 2 aliphatic rings. The maximum Gasteiger partial charge on any atom is 0.242 e. The van der Waals surface area contributed by atoms with E-state index in [0.717, 1.165) is 29.7 Å². The van der Waals surface area contributed by atoms with E-state index in [-0.39, 0.29) is 24.0 Å². The predicted octanol–water partition coefficient (Wildman–Crippen LogP) is 2.87. The molecule has 8 heteroatoms. The molecule has 0 bridgehead atoms. The van der Waals surface area contributed by atoms with Crippen LogP contribution in [0, 0.1) is 11.3 Å². The molecule has 5 rings (SSSR count). The van der Waals surface area contributed by atoms with E-state index in [0.29, 0.717) is 36.6 Å². The van der Waals surface area contributed by atoms with Crippen LogP contribution in [0.3, 0.4) is 0 Å². The lowest BCUT2D eigenvalue weighted by atomic mass is 9.96. The number of morpholine rings is 1. The number of hydrogen-bond donors (Lipinski definition) is 0. The third-order valence-electron chi connectivity index (χ3n) is 6.11. The number of nitrogens with zero attached hydrogens (tertiary/aromatic N) is 5. The van der Waals surface area contributed by atoms with Crippen LogP contribution in [0.15, 0.2) is 42.7 Å². The Bertz CT molecular complexity index is 1200. The molecule has 2 aromatic heterocycles. The number of ether oxygens (including phenoxy) is 2. The maximum atomic E-state index is 11.7. The van der Waals surface area contributed by atoms with Gasteiger partial charge in [-0.05, 0) is 24.5 Å². The molecule has 1 amide bonds. The molecule has 1 aliphatic heterocycles. The number of hydrogen-bond acceptors (Lipinski definition) is 7. The molecular formula is C24H23N5O3. The first-order chi connectivity index (χ1) is 15.6. The summed E-state index contributed by atoms with van der Waals surface area (Å²) < 4.78 is 11.8. The largest absolute Gasteiger partial charge is 0.473 e. The van der Waals surface area contributed by atoms with Gasteiger partial charge in [0.2, 0.25) is 11.8 Å². The summed E-state index contributed by atoms with van der Waals surface area (Å²) >= 11 is 0. The summed E-state index contributed by atoms with van der Waals surface area (Å²) in [5.74, 6) is 0.413. The normalized spacial score (nSPS) is 19.4. The molecule has 1 saturated carbocycles. The molecular weight excluding hydrogens is 406 g/mol. The van der Waals surface area contributed by atoms with E-state index in [4.69, 9.17) is 14.5 Å². The van der Waals surface area contributed by atoms with Gasteiger partial charge in [-0.25, -0.2) is 9.97 Å². The van der Waals surface area contributed by atoms with Crippen molar-refractivity contribution < 1.29 is 14.3 Å². The van der Waals surface area contributed by atoms with Crippen LogP contribution in [0.1, 0.15) is 25.3 Å². The van der Waals surface area contributed by atoms with Crippen LogP contribution in [0.2, 0.25) is 0 Å². The Labute approximate surface area is 185 Å². The Morgan fingerprint density at radius 1 is 1.28 bits per heavy atom. The van der Waals surface area contributed by atoms with Crippen LogP contribution in [-0.2, 0) is 14.9 Å². The maximum absolute atomic E-state index is 11.7. The quantitative estimate of drug-likeness (QED) is 0.615. The third kappa shape index (κ3) is 3.87. The van der Waals surface area contributed by atoms with E-state index in [9.17, 15) is 10.1 Å². The van der Waals surface area contributed by atoms with Crippen molar-refractivity contribution in [3.63, 3.8) is 0 Å². The molecule has 0 unspecified atom stereocenters. The highest BCUT2D eigenvalue weighted by molar-refractivity contribution is 5.83. The number of pyridine rings is 1. The molecule has 1 atom stereocenters. The lowest BCUT2D eigenvalue weighted by Crippen LogP contribution is -2.46. The summed E-state index contributed by atoms with van der Waals surface area (Å²) in [7, 11) is 0. The number of carbonyl (C=O) groups excluding carboxylic acids is 1. The van der Waals surface area contributed by atoms with Crippen molar-refractivity contribution in [2.45, 2.75) is 31.3 Å². The van der Waals surface area contributed by atoms with Gasteiger partial charge in [0.05, 0.1) is 35.8 Å². The average molecular weight is 429 g/mol. The highest BCUT2D eigenvalue weighted by atomic mass is 16.5. The Balaban J connectivity index is 1.41. The molecule has 162 valence electrons. The highest BCUT2D eigenvalue weighted by Crippen LogP contribution is 2.47. The Morgan fingerprint density at radius 2 is 2.06 bits per heavy atom. The number of rotatable bonds is 5. The highest BCUT2D eigenvalue weighted by Gasteiger charge is 2.44. The van der Waals surface area contributed by atoms with Crippen molar-refractivity contribution in [3.05, 3.63) is 48.3 Å². The fourth-order valence-corrected chi connectivity index (χ4v) is 4.02. The second kappa shape index (κ2) is 8.17. The van der Waals surface area contributed by atoms with E-state index in [2.05, 4.69) is 16.0 Å². The molecule has 1 aromatic carbocycles. The zero-order valence-corrected chi connectivity index (χ0v) is 17.8. The first-order valence-corrected chi connectivity index (χ1v) is 10.7. The van der Waals surface area contributed by atoms with Gasteiger partial charge in [0.25, 0.3) is 0 Å². The Kier molecular flexibility index (Phi) is 5.19. The number of nitriles is 1. The number of fused-ring (bicyclic) bond motifs is 1. The van der Waals surface area contributed by atoms with Gasteiger partial charge in [-0.1, -0.05) is 24.3 Å². The van der Waals surface area contributed by atoms with E-state index in [1.165, 1.54) is 0 Å². The molecule has 0 spiro atoms. The molecule has 0 radical (unpaired) electrons. The smallest absolute Gasteiger partial charge is 0.242 e. The topological polar surface area (TPSA) is 101 Å². The molecule has 1 aliphatic carbocycles. The fourth-order valence-electron chi connectivity index (χ4n) is 4.02. The molecule has 0 N–H and O–H groups in total. The van der Waals surface area contributed by atoms with Gasteiger partial charge in [-0.2, -0.15) is 5.26 Å². The summed E-state index contributed by atoms with van der Waals surface area (Å²) in [4.78, 5) is 27.0. The van der Waals surface area contributed by atoms with Gasteiger partial charge in [-0.15, -0.1) is 0 Å². The summed E-state index contributed by atoms with van der Waals surface area (Å²) in [5, 5.41) is 9.44. The number of carbonyl (C=O) groups is 1. The van der Waals surface area contributed by atoms with E-state index in [1.54, 1.807) is 24.2 Å². The average Bonchev–Trinajstić information content (AvgIpc) is 3.64. The first kappa shape index (κ1) is 20.3. The standard InChI is InChI=1S/C24H23N5O3/c1-16(30)29-10-11-31-19(13-29)14-32-23-22-21(26-8-9-27-22)12-20(28-23)17-2-4-18(5-3-17)24(15-25)6-7-24/h2-5,8-9,12,19H,6-7,10-11,13-14H2,1H3/t19-/m0/s1. The van der Waals surface area contributed by atoms with Crippen LogP contribution >= 0.6 is 0 Å². The minimum atomic E-state index is -0.317. The summed E-state index contributed by atoms with van der Waals surface area (Å²) in [6, 6.07) is 12.3. The van der Waals surface area contributed by atoms with E-state index < -0.39 is 0 Å². The first-order valence-electron chi connectivity index (χ1n) is 10.7. The Morgan fingerprint density at radius 3 is 2.78 bits per heavy atom. The lowest BCUT2D eigenvalue weighted by molar-refractivity contribution is -0.137. The summed E-state index contributed by atoms with van der Waals surface area (Å²) in [5.41, 5.74) is 3.62. The van der Waals surface area contributed by atoms with Gasteiger partial charge in [0.15, 0.2) is 5.52 Å². The Hall–Kier alpha value is -3.57. The van der Waals surface area contributed by atoms with Gasteiger partial charge in [0.1, 0.15) is 12.7 Å². The van der Waals surface area contributed by atoms with Crippen molar-refractivity contribution in [2.24, 2.45) is 0 Å². The minimum absolute atomic E-state index is 0.0301. The van der Waals surface area contributed by atoms with Gasteiger partial charge in [-0.3, -0.25) is 9.78 Å². The van der Waals surface area contributed by atoms with Crippen molar-refractivity contribution in [1.29, 1.82) is 5.26 Å². The second-order valence-corrected chi connectivity index (χ2v) is 8.28. The fraction of sp³-hybridized carbons (Fsp3) is 0.375. The molecule has 32 heavy (non-hydrogen) atoms. The molecule has 3 aromatic rings. The van der Waals surface area contributed by atoms with Gasteiger partial charge in [0, 0.05) is 31.4 Å². The lowest BCUT2D eigenvalue weighted by Gasteiger charge is -2.32. The van der Waals surface area contributed by atoms with E-state index >= 15 is 0 Å². The minimum Gasteiger partial charge on any atom is -0.473 e. The van der Waals surface area contributed by atoms with Crippen molar-refractivity contribution in [2.75, 3.05) is 26.3 Å². The number of aromatic nitrogens is 3. The van der Waals surface area contributed by atoms with Gasteiger partial charge < -0.3 is 14.4 Å². The zero-order chi connectivity index (χ0) is 22.1. The van der Waals surface area contributed by atoms with Crippen LogP contribution < -0.4 is 4.74 Å². The molecule has 1 saturated heterocycles.